The topological polar surface area (TPSA) is 114 Å². The van der Waals surface area contributed by atoms with Gasteiger partial charge in [-0.1, -0.05) is 24.6 Å². The molecule has 2 N–H and O–H groups in total. The summed E-state index contributed by atoms with van der Waals surface area (Å²) < 4.78 is 10.7. The lowest BCUT2D eigenvalue weighted by molar-refractivity contribution is -0.120. The molecule has 0 radical (unpaired) electrons. The number of ether oxygens (including phenoxy) is 2. The third-order valence-electron chi connectivity index (χ3n) is 5.70. The molecule has 0 saturated heterocycles. The minimum absolute atomic E-state index is 0.0371. The second kappa shape index (κ2) is 12.5. The monoisotopic (exact) mass is 561 g/mol. The molecule has 9 nitrogen and oxygen atoms in total. The van der Waals surface area contributed by atoms with Crippen LogP contribution < -0.4 is 20.3 Å². The normalized spacial score (nSPS) is 13.1. The molecule has 0 atom stereocenters. The summed E-state index contributed by atoms with van der Waals surface area (Å²) in [6.45, 7) is 6.04. The third kappa shape index (κ3) is 6.50. The van der Waals surface area contributed by atoms with Crippen LogP contribution in [0.5, 0.6) is 5.75 Å². The second-order valence-electron chi connectivity index (χ2n) is 9.17. The highest BCUT2D eigenvalue weighted by molar-refractivity contribution is 6.53. The van der Waals surface area contributed by atoms with E-state index in [0.717, 1.165) is 4.90 Å². The predicted octanol–water partition coefficient (Wildman–Crippen LogP) is 5.73. The number of imide groups is 1. The van der Waals surface area contributed by atoms with E-state index in [1.807, 2.05) is 20.8 Å². The number of nitrogens with zero attached hydrogens (tertiary/aromatic N) is 1. The minimum Gasteiger partial charge on any atom is -0.491 e. The van der Waals surface area contributed by atoms with E-state index in [2.05, 4.69) is 10.6 Å². The molecule has 1 heterocycles. The van der Waals surface area contributed by atoms with Crippen LogP contribution in [0, 0.1) is 0 Å². The fraction of sp³-hybridized carbons (Fsp3) is 0.200. The fourth-order valence-corrected chi connectivity index (χ4v) is 4.06. The number of esters is 1. The first kappa shape index (κ1) is 28.4. The molecule has 206 valence electrons. The van der Waals surface area contributed by atoms with Crippen molar-refractivity contribution in [2.45, 2.75) is 33.3 Å². The van der Waals surface area contributed by atoms with Gasteiger partial charge in [0.05, 0.1) is 24.0 Å². The number of anilines is 3. The Balaban J connectivity index is 1.45. The molecule has 0 unspecified atom stereocenters. The van der Waals surface area contributed by atoms with Crippen LogP contribution in [0.2, 0.25) is 0 Å². The van der Waals surface area contributed by atoms with E-state index >= 15 is 0 Å². The van der Waals surface area contributed by atoms with Gasteiger partial charge in [0.2, 0.25) is 0 Å². The quantitative estimate of drug-likeness (QED) is 0.240. The summed E-state index contributed by atoms with van der Waals surface area (Å²) in [4.78, 5) is 51.8. The van der Waals surface area contributed by atoms with Crippen molar-refractivity contribution in [2.24, 2.45) is 0 Å². The summed E-state index contributed by atoms with van der Waals surface area (Å²) in [6.07, 6.45) is 0.728. The van der Waals surface area contributed by atoms with E-state index in [0.29, 0.717) is 41.3 Å². The molecular weight excluding hydrogens is 534 g/mol. The van der Waals surface area contributed by atoms with E-state index in [9.17, 15) is 19.2 Å². The predicted molar refractivity (Wildman–Crippen MR) is 153 cm³/mol. The maximum absolute atomic E-state index is 13.2. The Morgan fingerprint density at radius 3 is 2.25 bits per heavy atom. The minimum atomic E-state index is -0.714. The zero-order valence-corrected chi connectivity index (χ0v) is 23.0. The van der Waals surface area contributed by atoms with Crippen LogP contribution >= 0.6 is 11.6 Å². The lowest BCUT2D eigenvalue weighted by atomic mass is 10.1. The number of halogens is 1. The summed E-state index contributed by atoms with van der Waals surface area (Å²) in [7, 11) is 0. The standard InChI is InChI=1S/C30H28ClN3O6/c1-4-16-39-30(38)19-8-12-23(13-9-19)34-28(36)25(31)26(29(34)37)32-22-7-5-6-20(17-22)27(35)33-21-10-14-24(15-11-21)40-18(2)3/h5-15,17-18,32H,4,16H2,1-3H3,(H,33,35). The van der Waals surface area contributed by atoms with Crippen LogP contribution in [-0.4, -0.2) is 36.4 Å². The molecule has 10 heteroatoms. The van der Waals surface area contributed by atoms with Crippen LogP contribution in [0.1, 0.15) is 47.9 Å². The van der Waals surface area contributed by atoms with E-state index in [-0.39, 0.29) is 28.4 Å². The Bertz CT molecular complexity index is 1470. The van der Waals surface area contributed by atoms with Crippen LogP contribution in [0.3, 0.4) is 0 Å². The lowest BCUT2D eigenvalue weighted by Crippen LogP contribution is -2.32. The Kier molecular flexibility index (Phi) is 8.86. The van der Waals surface area contributed by atoms with Crippen molar-refractivity contribution >= 4 is 52.4 Å². The van der Waals surface area contributed by atoms with Crippen molar-refractivity contribution in [3.05, 3.63) is 94.7 Å². The molecule has 0 aromatic heterocycles. The number of carbonyl (C=O) groups excluding carboxylic acids is 4. The summed E-state index contributed by atoms with van der Waals surface area (Å²) in [5.41, 5.74) is 1.71. The summed E-state index contributed by atoms with van der Waals surface area (Å²) in [6, 6.07) is 19.3. The van der Waals surface area contributed by atoms with Crippen molar-refractivity contribution in [1.29, 1.82) is 0 Å². The summed E-state index contributed by atoms with van der Waals surface area (Å²) in [5, 5.41) is 5.39. The van der Waals surface area contributed by atoms with Gasteiger partial charge in [-0.05, 0) is 87.0 Å². The molecule has 0 aliphatic carbocycles. The third-order valence-corrected chi connectivity index (χ3v) is 6.05. The average molecular weight is 562 g/mol. The maximum Gasteiger partial charge on any atom is 0.338 e. The van der Waals surface area contributed by atoms with Gasteiger partial charge in [0.1, 0.15) is 16.5 Å². The van der Waals surface area contributed by atoms with Crippen LogP contribution in [0.15, 0.2) is 83.5 Å². The van der Waals surface area contributed by atoms with Crippen LogP contribution in [0.4, 0.5) is 17.1 Å². The maximum atomic E-state index is 13.2. The molecule has 4 rings (SSSR count). The van der Waals surface area contributed by atoms with Gasteiger partial charge in [0.25, 0.3) is 17.7 Å². The molecule has 3 aromatic rings. The molecule has 0 saturated carbocycles. The Hall–Kier alpha value is -4.63. The van der Waals surface area contributed by atoms with Gasteiger partial charge in [-0.25, -0.2) is 9.69 Å². The molecule has 3 amide bonds. The first-order valence-corrected chi connectivity index (χ1v) is 13.1. The molecule has 1 aliphatic rings. The molecule has 0 spiro atoms. The highest BCUT2D eigenvalue weighted by Crippen LogP contribution is 2.30. The smallest absolute Gasteiger partial charge is 0.338 e. The van der Waals surface area contributed by atoms with Crippen molar-refractivity contribution in [3.8, 4) is 5.75 Å². The number of benzene rings is 3. The Morgan fingerprint density at radius 1 is 0.900 bits per heavy atom. The number of hydrogen-bond donors (Lipinski definition) is 2. The highest BCUT2D eigenvalue weighted by Gasteiger charge is 2.39. The highest BCUT2D eigenvalue weighted by atomic mass is 35.5. The zero-order chi connectivity index (χ0) is 28.8. The first-order chi connectivity index (χ1) is 19.2. The van der Waals surface area contributed by atoms with E-state index < -0.39 is 17.8 Å². The van der Waals surface area contributed by atoms with Gasteiger partial charge in [-0.15, -0.1) is 0 Å². The van der Waals surface area contributed by atoms with Crippen molar-refractivity contribution in [2.75, 3.05) is 22.1 Å². The van der Waals surface area contributed by atoms with E-state index in [4.69, 9.17) is 21.1 Å². The molecule has 40 heavy (non-hydrogen) atoms. The molecule has 0 fully saturated rings. The van der Waals surface area contributed by atoms with E-state index in [1.54, 1.807) is 48.5 Å². The number of hydrogen-bond acceptors (Lipinski definition) is 7. The molecule has 1 aliphatic heterocycles. The van der Waals surface area contributed by atoms with Crippen molar-refractivity contribution in [3.63, 3.8) is 0 Å². The summed E-state index contributed by atoms with van der Waals surface area (Å²) in [5.74, 6) is -1.55. The Morgan fingerprint density at radius 2 is 1.60 bits per heavy atom. The first-order valence-electron chi connectivity index (χ1n) is 12.7. The Labute approximate surface area is 236 Å². The van der Waals surface area contributed by atoms with Gasteiger partial charge in [0, 0.05) is 16.9 Å². The largest absolute Gasteiger partial charge is 0.491 e. The number of amides is 3. The molecular formula is C30H28ClN3O6. The van der Waals surface area contributed by atoms with Gasteiger partial charge in [-0.3, -0.25) is 14.4 Å². The average Bonchev–Trinajstić information content (AvgIpc) is 3.15. The van der Waals surface area contributed by atoms with Gasteiger partial charge in [0.15, 0.2) is 0 Å². The lowest BCUT2D eigenvalue weighted by Gasteiger charge is -2.15. The van der Waals surface area contributed by atoms with Gasteiger partial charge >= 0.3 is 5.97 Å². The fourth-order valence-electron chi connectivity index (χ4n) is 3.85. The van der Waals surface area contributed by atoms with E-state index in [1.165, 1.54) is 24.3 Å². The van der Waals surface area contributed by atoms with Crippen LogP contribution in [-0.2, 0) is 14.3 Å². The molecule has 3 aromatic carbocycles. The van der Waals surface area contributed by atoms with Crippen LogP contribution in [0.25, 0.3) is 0 Å². The van der Waals surface area contributed by atoms with Gasteiger partial charge in [-0.2, -0.15) is 0 Å². The van der Waals surface area contributed by atoms with Gasteiger partial charge < -0.3 is 20.1 Å². The number of carbonyl (C=O) groups is 4. The van der Waals surface area contributed by atoms with Crippen molar-refractivity contribution in [1.82, 2.24) is 0 Å². The summed E-state index contributed by atoms with van der Waals surface area (Å²) >= 11 is 6.25. The zero-order valence-electron chi connectivity index (χ0n) is 22.2. The number of nitrogens with one attached hydrogen (secondary N) is 2. The number of rotatable bonds is 10. The van der Waals surface area contributed by atoms with Crippen molar-refractivity contribution < 1.29 is 28.7 Å². The second-order valence-corrected chi connectivity index (χ2v) is 9.55. The SMILES string of the molecule is CCCOC(=O)c1ccc(N2C(=O)C(Cl)=C(Nc3cccc(C(=O)Nc4ccc(OC(C)C)cc4)c3)C2=O)cc1. The molecule has 0 bridgehead atoms.